The number of amides is 4. The van der Waals surface area contributed by atoms with Crippen LogP contribution in [0.3, 0.4) is 0 Å². The fourth-order valence-corrected chi connectivity index (χ4v) is 9.27. The first-order chi connectivity index (χ1) is 25.7. The summed E-state index contributed by atoms with van der Waals surface area (Å²) in [4.78, 5) is 52.1. The van der Waals surface area contributed by atoms with Crippen LogP contribution in [-0.4, -0.2) is 38.5 Å². The molecule has 54 heavy (non-hydrogen) atoms. The van der Waals surface area contributed by atoms with E-state index >= 15 is 8.78 Å². The third-order valence-corrected chi connectivity index (χ3v) is 12.2. The maximum atomic E-state index is 15.3. The van der Waals surface area contributed by atoms with Crippen molar-refractivity contribution in [3.63, 3.8) is 0 Å². The zero-order chi connectivity index (χ0) is 38.4. The molecule has 4 aromatic carbocycles. The maximum absolute atomic E-state index is 15.3. The lowest BCUT2D eigenvalue weighted by Crippen LogP contribution is -2.60. The van der Waals surface area contributed by atoms with Crippen LogP contribution in [0, 0.1) is 46.8 Å². The largest absolute Gasteiger partial charge is 0.508 e. The summed E-state index contributed by atoms with van der Waals surface area (Å²) in [6.45, 7) is 0.0987. The molecule has 1 saturated carbocycles. The molecule has 0 aromatic heterocycles. The number of hydrogen-bond acceptors (Lipinski definition) is 6. The molecule has 4 aromatic rings. The highest BCUT2D eigenvalue weighted by atomic mass is 35.5. The van der Waals surface area contributed by atoms with Gasteiger partial charge in [0.25, 0.3) is 11.8 Å². The van der Waals surface area contributed by atoms with Crippen LogP contribution < -0.4 is 14.5 Å². The van der Waals surface area contributed by atoms with E-state index < -0.39 is 104 Å². The molecule has 0 spiro atoms. The summed E-state index contributed by atoms with van der Waals surface area (Å²) in [6.07, 6.45) is 0.833. The first kappa shape index (κ1) is 35.7. The minimum Gasteiger partial charge on any atom is -0.508 e. The standard InChI is InChI=1S/C39H25Cl2F5N2O6/c40-38-16-24-21(13-14-23-26(24)35(51)47(34(23)50)19-9-5-2-6-10-19)27(22-12-11-20(15-25(22)49)54-17-18-7-3-1-4-8-18)39(38,41)37(53)48(36(38)52)33-31(45)29(43)28(42)30(44)32(33)46/h1-13,15,23-24,26-27,49H,14,16-17H2. The van der Waals surface area contributed by atoms with E-state index in [2.05, 4.69) is 0 Å². The molecule has 6 unspecified atom stereocenters. The van der Waals surface area contributed by atoms with Crippen molar-refractivity contribution in [1.29, 1.82) is 0 Å². The van der Waals surface area contributed by atoms with Gasteiger partial charge in [0.2, 0.25) is 17.6 Å². The second kappa shape index (κ2) is 12.7. The molecule has 3 fully saturated rings. The number of carbonyl (C=O) groups excluding carboxylic acids is 4. The molecule has 4 amide bonds. The van der Waals surface area contributed by atoms with E-state index in [1.807, 2.05) is 18.2 Å². The summed E-state index contributed by atoms with van der Waals surface area (Å²) in [7, 11) is 0. The Morgan fingerprint density at radius 3 is 1.98 bits per heavy atom. The van der Waals surface area contributed by atoms with Gasteiger partial charge in [-0.2, -0.15) is 0 Å². The van der Waals surface area contributed by atoms with Gasteiger partial charge in [-0.1, -0.05) is 66.2 Å². The quantitative estimate of drug-likeness (QED) is 0.0545. The molecular weight excluding hydrogens is 758 g/mol. The molecule has 2 aliphatic carbocycles. The van der Waals surface area contributed by atoms with Gasteiger partial charge < -0.3 is 9.84 Å². The number of nitrogens with zero attached hydrogens (tertiary/aromatic N) is 2. The van der Waals surface area contributed by atoms with Crippen LogP contribution in [-0.2, 0) is 25.8 Å². The van der Waals surface area contributed by atoms with Crippen LogP contribution in [0.2, 0.25) is 0 Å². The van der Waals surface area contributed by atoms with E-state index in [4.69, 9.17) is 27.9 Å². The molecule has 0 radical (unpaired) electrons. The zero-order valence-corrected chi connectivity index (χ0v) is 29.1. The van der Waals surface area contributed by atoms with Crippen LogP contribution in [0.4, 0.5) is 33.3 Å². The number of alkyl halides is 2. The Bertz CT molecular complexity index is 2300. The highest BCUT2D eigenvalue weighted by Gasteiger charge is 2.77. The monoisotopic (exact) mass is 782 g/mol. The number of fused-ring (bicyclic) bond motifs is 4. The fourth-order valence-electron chi connectivity index (χ4n) is 8.34. The number of benzene rings is 4. The van der Waals surface area contributed by atoms with E-state index in [1.165, 1.54) is 18.2 Å². The smallest absolute Gasteiger partial charge is 0.258 e. The van der Waals surface area contributed by atoms with Crippen molar-refractivity contribution in [2.45, 2.75) is 35.1 Å². The van der Waals surface area contributed by atoms with Crippen LogP contribution in [0.15, 0.2) is 90.5 Å². The number of anilines is 2. The summed E-state index contributed by atoms with van der Waals surface area (Å²) in [6, 6.07) is 21.0. The van der Waals surface area contributed by atoms with Gasteiger partial charge in [-0.3, -0.25) is 24.1 Å². The second-order valence-electron chi connectivity index (χ2n) is 13.5. The SMILES string of the molecule is O=C1C2CC=C3C(CC4(Cl)C(=O)N(c5c(F)c(F)c(F)c(F)c5F)C(=O)C4(Cl)C3c3ccc(OCc4ccccc4)cc3O)C2C(=O)N1c1ccccc1. The molecule has 8 rings (SSSR count). The van der Waals surface area contributed by atoms with Crippen LogP contribution >= 0.6 is 23.2 Å². The third kappa shape index (κ3) is 4.86. The molecular formula is C39H25Cl2F5N2O6. The van der Waals surface area contributed by atoms with Gasteiger partial charge in [0.15, 0.2) is 33.0 Å². The molecule has 276 valence electrons. The van der Waals surface area contributed by atoms with E-state index in [9.17, 15) is 37.5 Å². The second-order valence-corrected chi connectivity index (χ2v) is 14.8. The van der Waals surface area contributed by atoms with Crippen molar-refractivity contribution in [3.05, 3.63) is 131 Å². The van der Waals surface area contributed by atoms with Crippen molar-refractivity contribution < 1.29 is 51.0 Å². The van der Waals surface area contributed by atoms with E-state index in [1.54, 1.807) is 48.5 Å². The Morgan fingerprint density at radius 2 is 1.35 bits per heavy atom. The average molecular weight is 784 g/mol. The lowest BCUT2D eigenvalue weighted by molar-refractivity contribution is -0.125. The Labute approximate surface area is 313 Å². The molecule has 6 atom stereocenters. The van der Waals surface area contributed by atoms with Crippen LogP contribution in [0.25, 0.3) is 0 Å². The van der Waals surface area contributed by atoms with Gasteiger partial charge in [0.05, 0.1) is 17.5 Å². The molecule has 2 aliphatic heterocycles. The molecule has 0 bridgehead atoms. The topological polar surface area (TPSA) is 104 Å². The van der Waals surface area contributed by atoms with Crippen molar-refractivity contribution in [2.75, 3.05) is 9.80 Å². The van der Waals surface area contributed by atoms with Gasteiger partial charge in [-0.05, 0) is 42.5 Å². The number of aromatic hydroxyl groups is 1. The maximum Gasteiger partial charge on any atom is 0.258 e. The van der Waals surface area contributed by atoms with E-state index in [-0.39, 0.29) is 40.5 Å². The number of ether oxygens (including phenoxy) is 1. The molecule has 15 heteroatoms. The van der Waals surface area contributed by atoms with Gasteiger partial charge >= 0.3 is 0 Å². The first-order valence-corrected chi connectivity index (χ1v) is 17.4. The lowest BCUT2D eigenvalue weighted by Gasteiger charge is -2.50. The number of rotatable bonds is 6. The Morgan fingerprint density at radius 1 is 0.741 bits per heavy atom. The van der Waals surface area contributed by atoms with Crippen molar-refractivity contribution in [1.82, 2.24) is 0 Å². The number of carbonyl (C=O) groups is 4. The zero-order valence-electron chi connectivity index (χ0n) is 27.5. The summed E-state index contributed by atoms with van der Waals surface area (Å²) in [5.41, 5.74) is -0.744. The summed E-state index contributed by atoms with van der Waals surface area (Å²) in [5.74, 6) is -22.1. The van der Waals surface area contributed by atoms with Crippen LogP contribution in [0.1, 0.15) is 29.9 Å². The summed E-state index contributed by atoms with van der Waals surface area (Å²) < 4.78 is 79.6. The minimum absolute atomic E-state index is 0.0499. The number of phenols is 1. The molecule has 4 aliphatic rings. The number of para-hydroxylation sites is 1. The van der Waals surface area contributed by atoms with Gasteiger partial charge in [0, 0.05) is 17.5 Å². The van der Waals surface area contributed by atoms with Crippen molar-refractivity contribution in [2.24, 2.45) is 17.8 Å². The summed E-state index contributed by atoms with van der Waals surface area (Å²) >= 11 is 14.3. The lowest BCUT2D eigenvalue weighted by atomic mass is 9.56. The Kier molecular flexibility index (Phi) is 8.38. The van der Waals surface area contributed by atoms with Gasteiger partial charge in [-0.15, -0.1) is 23.2 Å². The molecule has 8 nitrogen and oxygen atoms in total. The fraction of sp³-hybridized carbons (Fsp3) is 0.231. The normalized spacial score (nSPS) is 27.5. The van der Waals surface area contributed by atoms with Crippen LogP contribution in [0.5, 0.6) is 11.5 Å². The Hall–Kier alpha value is -5.27. The first-order valence-electron chi connectivity index (χ1n) is 16.6. The van der Waals surface area contributed by atoms with Crippen molar-refractivity contribution in [3.8, 4) is 11.5 Å². The van der Waals surface area contributed by atoms with Crippen molar-refractivity contribution >= 4 is 58.2 Å². The van der Waals surface area contributed by atoms with Gasteiger partial charge in [-0.25, -0.2) is 26.9 Å². The molecule has 2 heterocycles. The third-order valence-electron chi connectivity index (χ3n) is 10.8. The minimum atomic E-state index is -2.78. The summed E-state index contributed by atoms with van der Waals surface area (Å²) in [5, 5.41) is 11.5. The molecule has 1 N–H and O–H groups in total. The number of imide groups is 2. The predicted octanol–water partition coefficient (Wildman–Crippen LogP) is 7.43. The predicted molar refractivity (Wildman–Crippen MR) is 184 cm³/mol. The van der Waals surface area contributed by atoms with Gasteiger partial charge in [0.1, 0.15) is 23.8 Å². The number of halogens is 7. The number of hydrogen-bond donors (Lipinski definition) is 1. The highest BCUT2D eigenvalue weighted by molar-refractivity contribution is 6.58. The number of phenolic OH excluding ortho intramolecular Hbond substituents is 1. The number of allylic oxidation sites excluding steroid dienone is 2. The Balaban J connectivity index is 1.28. The van der Waals surface area contributed by atoms with E-state index in [0.29, 0.717) is 0 Å². The molecule has 2 saturated heterocycles. The highest BCUT2D eigenvalue weighted by Crippen LogP contribution is 2.67. The van der Waals surface area contributed by atoms with E-state index in [0.717, 1.165) is 10.5 Å². The average Bonchev–Trinajstić information content (AvgIpc) is 3.51.